The first-order valence-corrected chi connectivity index (χ1v) is 13.0. The van der Waals surface area contributed by atoms with Crippen LogP contribution in [0.3, 0.4) is 0 Å². The van der Waals surface area contributed by atoms with E-state index in [1.54, 1.807) is 6.92 Å². The Bertz CT molecular complexity index is 1310. The zero-order valence-electron chi connectivity index (χ0n) is 19.0. The average molecular weight is 518 g/mol. The summed E-state index contributed by atoms with van der Waals surface area (Å²) in [5, 5.41) is 6.48. The third-order valence-corrected chi connectivity index (χ3v) is 8.31. The Labute approximate surface area is 198 Å². The van der Waals surface area contributed by atoms with Crippen LogP contribution in [0.4, 0.5) is 27.6 Å². The standard InChI is InChI=1S/C22H24F5N5O2S/c1-19(9-21(23,24)10-19)11-32-16(18(33)30-13-3-4-29-14(5-13)35(2,28)34)15(22(25,26)27)17(31-32)20-6-12(7-20)8-20/h3-5,12,28H,6-11H2,1-2H3,(H,29,30,33)/t12?,20?,35-/m0/s1. The SMILES string of the molecule is CC1(Cn2nc(C34CC(C3)C4)c(C(F)(F)F)c2C(=O)Nc2ccnc([S@@](C)(=N)=O)c2)CC(F)(F)C1. The van der Waals surface area contributed by atoms with Gasteiger partial charge in [0.05, 0.1) is 15.4 Å². The Morgan fingerprint density at radius 2 is 1.91 bits per heavy atom. The molecule has 1 atom stereocenters. The highest BCUT2D eigenvalue weighted by Gasteiger charge is 2.62. The summed E-state index contributed by atoms with van der Waals surface area (Å²) >= 11 is 0. The zero-order valence-corrected chi connectivity index (χ0v) is 19.8. The quantitative estimate of drug-likeness (QED) is 0.523. The Morgan fingerprint density at radius 3 is 2.40 bits per heavy atom. The van der Waals surface area contributed by atoms with Crippen molar-refractivity contribution >= 4 is 21.3 Å². The molecular weight excluding hydrogens is 493 g/mol. The summed E-state index contributed by atoms with van der Waals surface area (Å²) in [7, 11) is -3.23. The number of anilines is 1. The van der Waals surface area contributed by atoms with E-state index in [1.165, 1.54) is 12.3 Å². The van der Waals surface area contributed by atoms with Gasteiger partial charge in [0.15, 0.2) is 0 Å². The van der Waals surface area contributed by atoms with Crippen molar-refractivity contribution < 1.29 is 31.0 Å². The molecule has 190 valence electrons. The van der Waals surface area contributed by atoms with E-state index in [0.29, 0.717) is 25.2 Å². The van der Waals surface area contributed by atoms with Crippen molar-refractivity contribution in [3.8, 4) is 0 Å². The molecule has 0 radical (unpaired) electrons. The minimum Gasteiger partial charge on any atom is -0.320 e. The fraction of sp³-hybridized carbons (Fsp3) is 0.591. The molecule has 0 saturated heterocycles. The predicted molar refractivity (Wildman–Crippen MR) is 116 cm³/mol. The summed E-state index contributed by atoms with van der Waals surface area (Å²) in [6.45, 7) is 1.29. The van der Waals surface area contributed by atoms with Gasteiger partial charge in [0, 0.05) is 42.9 Å². The topological polar surface area (TPSA) is 101 Å². The van der Waals surface area contributed by atoms with Crippen LogP contribution in [0.15, 0.2) is 23.4 Å². The fourth-order valence-corrected chi connectivity index (χ4v) is 6.39. The number of carbonyl (C=O) groups excluding carboxylic acids is 1. The number of nitrogens with one attached hydrogen (secondary N) is 2. The van der Waals surface area contributed by atoms with Crippen molar-refractivity contribution in [3.05, 3.63) is 35.3 Å². The molecule has 1 amide bonds. The Kier molecular flexibility index (Phi) is 4.99. The van der Waals surface area contributed by atoms with E-state index < -0.39 is 62.7 Å². The molecule has 2 aromatic heterocycles. The second-order valence-electron chi connectivity index (χ2n) is 10.7. The van der Waals surface area contributed by atoms with Crippen molar-refractivity contribution in [1.82, 2.24) is 14.8 Å². The number of rotatable bonds is 6. The van der Waals surface area contributed by atoms with Crippen molar-refractivity contribution in [3.63, 3.8) is 0 Å². The number of aromatic nitrogens is 3. The second kappa shape index (κ2) is 7.23. The number of alkyl halides is 5. The number of halogens is 5. The van der Waals surface area contributed by atoms with Crippen molar-refractivity contribution in [1.29, 1.82) is 4.78 Å². The molecule has 2 N–H and O–H groups in total. The Balaban J connectivity index is 1.57. The van der Waals surface area contributed by atoms with E-state index >= 15 is 0 Å². The van der Waals surface area contributed by atoms with Gasteiger partial charge in [-0.1, -0.05) is 6.92 Å². The Morgan fingerprint density at radius 1 is 1.29 bits per heavy atom. The predicted octanol–water partition coefficient (Wildman–Crippen LogP) is 5.07. The van der Waals surface area contributed by atoms with Gasteiger partial charge in [0.1, 0.15) is 16.3 Å². The van der Waals surface area contributed by atoms with E-state index in [0.717, 1.165) is 17.0 Å². The monoisotopic (exact) mass is 517 g/mol. The summed E-state index contributed by atoms with van der Waals surface area (Å²) < 4.78 is 91.0. The fourth-order valence-electron chi connectivity index (χ4n) is 5.78. The van der Waals surface area contributed by atoms with Crippen molar-refractivity contribution in [2.75, 3.05) is 11.6 Å². The zero-order chi connectivity index (χ0) is 25.6. The van der Waals surface area contributed by atoms with Crippen LogP contribution >= 0.6 is 0 Å². The summed E-state index contributed by atoms with van der Waals surface area (Å²) in [5.41, 5.74) is -3.77. The van der Waals surface area contributed by atoms with Crippen LogP contribution < -0.4 is 5.32 Å². The maximum Gasteiger partial charge on any atom is 0.420 e. The van der Waals surface area contributed by atoms with Crippen LogP contribution in [-0.4, -0.2) is 37.1 Å². The van der Waals surface area contributed by atoms with E-state index in [9.17, 15) is 31.0 Å². The van der Waals surface area contributed by atoms with Crippen LogP contribution in [-0.2, 0) is 27.9 Å². The highest BCUT2D eigenvalue weighted by molar-refractivity contribution is 7.91. The number of hydrogen-bond donors (Lipinski definition) is 2. The van der Waals surface area contributed by atoms with Crippen LogP contribution in [0.25, 0.3) is 0 Å². The Hall–Kier alpha value is -2.57. The number of hydrogen-bond acceptors (Lipinski definition) is 5. The molecule has 7 nitrogen and oxygen atoms in total. The van der Waals surface area contributed by atoms with Gasteiger partial charge in [-0.2, -0.15) is 18.3 Å². The molecule has 0 spiro atoms. The molecule has 0 aromatic carbocycles. The second-order valence-corrected chi connectivity index (χ2v) is 12.8. The number of pyridine rings is 1. The summed E-state index contributed by atoms with van der Waals surface area (Å²) in [6.07, 6.45) is -1.90. The van der Waals surface area contributed by atoms with Gasteiger partial charge in [-0.15, -0.1) is 0 Å². The first-order valence-electron chi connectivity index (χ1n) is 11.1. The summed E-state index contributed by atoms with van der Waals surface area (Å²) in [5.74, 6) is -3.65. The minimum atomic E-state index is -4.89. The molecule has 4 aliphatic carbocycles. The normalized spacial score (nSPS) is 27.7. The first-order chi connectivity index (χ1) is 16.0. The van der Waals surface area contributed by atoms with Gasteiger partial charge in [0.2, 0.25) is 5.92 Å². The average Bonchev–Trinajstić information content (AvgIpc) is 2.95. The van der Waals surface area contributed by atoms with Gasteiger partial charge >= 0.3 is 6.18 Å². The largest absolute Gasteiger partial charge is 0.420 e. The maximum atomic E-state index is 14.4. The van der Waals surface area contributed by atoms with Crippen LogP contribution in [0.1, 0.15) is 60.8 Å². The number of nitrogens with zero attached hydrogens (tertiary/aromatic N) is 3. The minimum absolute atomic E-state index is 0.0103. The van der Waals surface area contributed by atoms with Crippen LogP contribution in [0.5, 0.6) is 0 Å². The first kappa shape index (κ1) is 24.1. The van der Waals surface area contributed by atoms with E-state index in [4.69, 9.17) is 4.78 Å². The van der Waals surface area contributed by atoms with Crippen LogP contribution in [0.2, 0.25) is 0 Å². The molecule has 2 aromatic rings. The summed E-state index contributed by atoms with van der Waals surface area (Å²) in [4.78, 5) is 17.1. The molecule has 0 unspecified atom stereocenters. The van der Waals surface area contributed by atoms with Gasteiger partial charge < -0.3 is 5.32 Å². The number of amides is 1. The van der Waals surface area contributed by atoms with Gasteiger partial charge in [-0.05, 0) is 42.7 Å². The van der Waals surface area contributed by atoms with Gasteiger partial charge in [-0.25, -0.2) is 22.8 Å². The highest BCUT2D eigenvalue weighted by atomic mass is 32.2. The molecule has 2 bridgehead atoms. The molecule has 4 aliphatic rings. The lowest BCUT2D eigenvalue weighted by molar-refractivity contribution is -0.160. The van der Waals surface area contributed by atoms with Gasteiger partial charge in [0.25, 0.3) is 5.91 Å². The smallest absolute Gasteiger partial charge is 0.320 e. The lowest BCUT2D eigenvalue weighted by Crippen LogP contribution is -2.56. The molecule has 35 heavy (non-hydrogen) atoms. The van der Waals surface area contributed by atoms with E-state index in [2.05, 4.69) is 15.4 Å². The van der Waals surface area contributed by atoms with Crippen molar-refractivity contribution in [2.45, 2.75) is 68.1 Å². The lowest BCUT2D eigenvalue weighted by Gasteiger charge is -2.61. The molecule has 6 rings (SSSR count). The molecule has 13 heteroatoms. The molecule has 4 fully saturated rings. The van der Waals surface area contributed by atoms with E-state index in [1.807, 2.05) is 0 Å². The van der Waals surface area contributed by atoms with Gasteiger partial charge in [-0.3, -0.25) is 9.48 Å². The molecular formula is C22H24F5N5O2S. The lowest BCUT2D eigenvalue weighted by atomic mass is 9.43. The number of carbonyl (C=O) groups is 1. The molecule has 2 heterocycles. The third kappa shape index (κ3) is 4.11. The highest BCUT2D eigenvalue weighted by Crippen LogP contribution is 2.66. The maximum absolute atomic E-state index is 14.4. The van der Waals surface area contributed by atoms with Crippen molar-refractivity contribution in [2.24, 2.45) is 11.3 Å². The molecule has 0 aliphatic heterocycles. The molecule has 4 saturated carbocycles. The van der Waals surface area contributed by atoms with E-state index in [-0.39, 0.29) is 23.0 Å². The van der Waals surface area contributed by atoms with Crippen LogP contribution in [0, 0.1) is 16.1 Å². The summed E-state index contributed by atoms with van der Waals surface area (Å²) in [6, 6.07) is 2.47. The third-order valence-electron chi connectivity index (χ3n) is 7.29.